The topological polar surface area (TPSA) is 35.0 Å². The van der Waals surface area contributed by atoms with Crippen molar-refractivity contribution < 1.29 is 13.5 Å². The first kappa shape index (κ1) is 9.18. The van der Waals surface area contributed by atoms with Crippen LogP contribution in [0.1, 0.15) is 0 Å². The lowest BCUT2D eigenvalue weighted by molar-refractivity contribution is -0.0533. The number of aromatic nitrogens is 2. The second-order valence-electron chi connectivity index (χ2n) is 1.76. The second kappa shape index (κ2) is 4.20. The Morgan fingerprint density at radius 1 is 1.58 bits per heavy atom. The summed E-state index contributed by atoms with van der Waals surface area (Å²) in [7, 11) is 0. The number of halogens is 2. The van der Waals surface area contributed by atoms with Crippen molar-refractivity contribution in [2.75, 3.05) is 6.26 Å². The average Bonchev–Trinajstić information content (AvgIpc) is 2.03. The molecular formula is C6H6F2N2OS. The zero-order valence-electron chi connectivity index (χ0n) is 6.20. The van der Waals surface area contributed by atoms with Crippen molar-refractivity contribution in [3.63, 3.8) is 0 Å². The van der Waals surface area contributed by atoms with Crippen molar-refractivity contribution in [3.05, 3.63) is 12.3 Å². The fourth-order valence-corrected chi connectivity index (χ4v) is 0.928. The molecular weight excluding hydrogens is 186 g/mol. The van der Waals surface area contributed by atoms with Gasteiger partial charge in [0.1, 0.15) is 0 Å². The molecule has 1 aromatic rings. The van der Waals surface area contributed by atoms with Gasteiger partial charge in [-0.2, -0.15) is 13.8 Å². The van der Waals surface area contributed by atoms with E-state index in [0.717, 1.165) is 0 Å². The predicted molar refractivity (Wildman–Crippen MR) is 40.4 cm³/mol. The Kier molecular flexibility index (Phi) is 3.21. The van der Waals surface area contributed by atoms with Gasteiger partial charge in [0.25, 0.3) is 0 Å². The smallest absolute Gasteiger partial charge is 0.388 e. The van der Waals surface area contributed by atoms with Gasteiger partial charge in [-0.05, 0) is 6.26 Å². The van der Waals surface area contributed by atoms with Gasteiger partial charge in [-0.3, -0.25) is 0 Å². The number of hydrogen-bond acceptors (Lipinski definition) is 4. The Bertz CT molecular complexity index is 259. The molecule has 0 radical (unpaired) electrons. The number of hydrogen-bond donors (Lipinski definition) is 0. The summed E-state index contributed by atoms with van der Waals surface area (Å²) < 4.78 is 27.4. The van der Waals surface area contributed by atoms with Gasteiger partial charge >= 0.3 is 6.61 Å². The lowest BCUT2D eigenvalue weighted by atomic mass is 10.6. The van der Waals surface area contributed by atoms with E-state index in [1.165, 1.54) is 24.0 Å². The quantitative estimate of drug-likeness (QED) is 0.540. The molecule has 0 saturated heterocycles. The molecule has 0 amide bonds. The first-order valence-corrected chi connectivity index (χ1v) is 4.26. The first-order chi connectivity index (χ1) is 5.72. The molecule has 0 aliphatic heterocycles. The van der Waals surface area contributed by atoms with Crippen LogP contribution in [0, 0.1) is 0 Å². The highest BCUT2D eigenvalue weighted by Gasteiger charge is 2.05. The van der Waals surface area contributed by atoms with E-state index >= 15 is 0 Å². The molecule has 12 heavy (non-hydrogen) atoms. The molecule has 0 bridgehead atoms. The minimum Gasteiger partial charge on any atom is -0.417 e. The van der Waals surface area contributed by atoms with Gasteiger partial charge in [-0.25, -0.2) is 4.98 Å². The third kappa shape index (κ3) is 2.61. The van der Waals surface area contributed by atoms with Gasteiger partial charge in [0.15, 0.2) is 5.16 Å². The van der Waals surface area contributed by atoms with Gasteiger partial charge in [0.2, 0.25) is 5.88 Å². The SMILES string of the molecule is CSc1nccc(OC(F)F)n1. The standard InChI is InChI=1S/C6H6F2N2OS/c1-12-6-9-3-2-4(10-6)11-5(7)8/h2-3,5H,1H3. The summed E-state index contributed by atoms with van der Waals surface area (Å²) in [5.74, 6) is -0.107. The van der Waals surface area contributed by atoms with E-state index in [4.69, 9.17) is 0 Å². The van der Waals surface area contributed by atoms with E-state index in [9.17, 15) is 8.78 Å². The number of ether oxygens (including phenoxy) is 1. The lowest BCUT2D eigenvalue weighted by Crippen LogP contribution is -2.04. The Morgan fingerprint density at radius 3 is 2.92 bits per heavy atom. The number of thioether (sulfide) groups is 1. The van der Waals surface area contributed by atoms with Crippen molar-refractivity contribution in [3.8, 4) is 5.88 Å². The summed E-state index contributed by atoms with van der Waals surface area (Å²) in [5, 5.41) is 0.410. The van der Waals surface area contributed by atoms with Gasteiger partial charge in [0.05, 0.1) is 0 Å². The second-order valence-corrected chi connectivity index (χ2v) is 2.53. The average molecular weight is 192 g/mol. The Labute approximate surface area is 72.2 Å². The maximum absolute atomic E-state index is 11.7. The summed E-state index contributed by atoms with van der Waals surface area (Å²) in [6, 6.07) is 1.28. The van der Waals surface area contributed by atoms with Crippen LogP contribution >= 0.6 is 11.8 Å². The molecule has 0 N–H and O–H groups in total. The molecule has 1 aromatic heterocycles. The van der Waals surface area contributed by atoms with Crippen LogP contribution in [0.3, 0.4) is 0 Å². The molecule has 66 valence electrons. The fourth-order valence-electron chi connectivity index (χ4n) is 0.580. The maximum Gasteiger partial charge on any atom is 0.388 e. The Balaban J connectivity index is 2.72. The third-order valence-electron chi connectivity index (χ3n) is 1.00. The molecule has 0 aromatic carbocycles. The third-order valence-corrected chi connectivity index (χ3v) is 1.56. The van der Waals surface area contributed by atoms with Crippen LogP contribution in [0.25, 0.3) is 0 Å². The molecule has 3 nitrogen and oxygen atoms in total. The Morgan fingerprint density at radius 2 is 2.33 bits per heavy atom. The van der Waals surface area contributed by atoms with E-state index in [1.54, 1.807) is 6.26 Å². The summed E-state index contributed by atoms with van der Waals surface area (Å²) in [4.78, 5) is 7.47. The van der Waals surface area contributed by atoms with Crippen LogP contribution in [-0.2, 0) is 0 Å². The maximum atomic E-state index is 11.7. The number of rotatable bonds is 3. The normalized spacial score (nSPS) is 10.3. The molecule has 0 saturated carbocycles. The molecule has 0 fully saturated rings. The molecule has 6 heteroatoms. The highest BCUT2D eigenvalue weighted by atomic mass is 32.2. The van der Waals surface area contributed by atoms with E-state index in [2.05, 4.69) is 14.7 Å². The molecule has 0 spiro atoms. The van der Waals surface area contributed by atoms with Crippen molar-refractivity contribution in [2.24, 2.45) is 0 Å². The van der Waals surface area contributed by atoms with E-state index in [-0.39, 0.29) is 5.88 Å². The zero-order valence-corrected chi connectivity index (χ0v) is 7.02. The molecule has 1 heterocycles. The van der Waals surface area contributed by atoms with Crippen LogP contribution in [-0.4, -0.2) is 22.8 Å². The molecule has 1 rings (SSSR count). The van der Waals surface area contributed by atoms with Crippen molar-refractivity contribution >= 4 is 11.8 Å². The monoisotopic (exact) mass is 192 g/mol. The summed E-state index contributed by atoms with van der Waals surface area (Å²) in [6.07, 6.45) is 3.12. The summed E-state index contributed by atoms with van der Waals surface area (Å²) in [6.45, 7) is -2.84. The summed E-state index contributed by atoms with van der Waals surface area (Å²) in [5.41, 5.74) is 0. The molecule has 0 atom stereocenters. The molecule has 0 aliphatic rings. The van der Waals surface area contributed by atoms with Gasteiger partial charge in [-0.15, -0.1) is 0 Å². The van der Waals surface area contributed by atoms with Crippen LogP contribution in [0.15, 0.2) is 17.4 Å². The molecule has 0 aliphatic carbocycles. The van der Waals surface area contributed by atoms with E-state index in [1.807, 2.05) is 0 Å². The number of nitrogens with zero attached hydrogens (tertiary/aromatic N) is 2. The van der Waals surface area contributed by atoms with Crippen LogP contribution in [0.5, 0.6) is 5.88 Å². The van der Waals surface area contributed by atoms with Crippen LogP contribution in [0.2, 0.25) is 0 Å². The minimum absolute atomic E-state index is 0.107. The van der Waals surface area contributed by atoms with Crippen molar-refractivity contribution in [1.82, 2.24) is 9.97 Å². The van der Waals surface area contributed by atoms with Gasteiger partial charge in [-0.1, -0.05) is 11.8 Å². The fraction of sp³-hybridized carbons (Fsp3) is 0.333. The predicted octanol–water partition coefficient (Wildman–Crippen LogP) is 1.80. The van der Waals surface area contributed by atoms with E-state index < -0.39 is 6.61 Å². The minimum atomic E-state index is -2.84. The van der Waals surface area contributed by atoms with Crippen molar-refractivity contribution in [1.29, 1.82) is 0 Å². The van der Waals surface area contributed by atoms with E-state index in [0.29, 0.717) is 5.16 Å². The first-order valence-electron chi connectivity index (χ1n) is 3.04. The highest BCUT2D eigenvalue weighted by Crippen LogP contribution is 2.14. The van der Waals surface area contributed by atoms with Crippen LogP contribution in [0.4, 0.5) is 8.78 Å². The van der Waals surface area contributed by atoms with Gasteiger partial charge in [0, 0.05) is 12.3 Å². The summed E-state index contributed by atoms with van der Waals surface area (Å²) >= 11 is 1.26. The Hall–Kier alpha value is -0.910. The van der Waals surface area contributed by atoms with Crippen LogP contribution < -0.4 is 4.74 Å². The largest absolute Gasteiger partial charge is 0.417 e. The lowest BCUT2D eigenvalue weighted by Gasteiger charge is -2.02. The van der Waals surface area contributed by atoms with Crippen molar-refractivity contribution in [2.45, 2.75) is 11.8 Å². The highest BCUT2D eigenvalue weighted by molar-refractivity contribution is 7.98. The zero-order chi connectivity index (χ0) is 8.97. The van der Waals surface area contributed by atoms with Gasteiger partial charge < -0.3 is 4.74 Å². The number of alkyl halides is 2. The molecule has 0 unspecified atom stereocenters.